The topological polar surface area (TPSA) is 3.88 Å². The second-order valence-electron chi connectivity index (χ2n) is 9.62. The minimum atomic E-state index is 0.0128. The van der Waals surface area contributed by atoms with E-state index in [1.54, 1.807) is 0 Å². The Hall–Kier alpha value is -3.19. The van der Waals surface area contributed by atoms with Gasteiger partial charge in [0.2, 0.25) is 5.69 Å². The molecule has 1 heterocycles. The lowest BCUT2D eigenvalue weighted by molar-refractivity contribution is -0.660. The summed E-state index contributed by atoms with van der Waals surface area (Å²) in [5, 5.41) is 0. The fourth-order valence-corrected chi connectivity index (χ4v) is 5.24. The first-order chi connectivity index (χ1) is 14.8. The highest BCUT2D eigenvalue weighted by atomic mass is 14.9. The molecule has 1 heteroatoms. The number of aromatic nitrogens is 1. The van der Waals surface area contributed by atoms with Gasteiger partial charge in [-0.2, -0.15) is 0 Å². The van der Waals surface area contributed by atoms with Crippen molar-refractivity contribution in [2.75, 3.05) is 0 Å². The molecule has 0 radical (unpaired) electrons. The normalized spacial score (nSPS) is 13.7. The Kier molecular flexibility index (Phi) is 4.41. The summed E-state index contributed by atoms with van der Waals surface area (Å²) in [7, 11) is 2.14. The highest BCUT2D eigenvalue weighted by Crippen LogP contribution is 2.50. The van der Waals surface area contributed by atoms with Crippen LogP contribution in [0.3, 0.4) is 0 Å². The molecule has 3 aromatic carbocycles. The number of benzene rings is 3. The van der Waals surface area contributed by atoms with Crippen molar-refractivity contribution < 1.29 is 4.57 Å². The zero-order chi connectivity index (χ0) is 21.9. The largest absolute Gasteiger partial charge is 0.213 e. The van der Waals surface area contributed by atoms with E-state index < -0.39 is 0 Å². The molecule has 0 bridgehead atoms. The molecule has 5 rings (SSSR count). The van der Waals surface area contributed by atoms with Gasteiger partial charge in [0.25, 0.3) is 0 Å². The molecule has 0 spiro atoms. The average Bonchev–Trinajstić information content (AvgIpc) is 2.95. The minimum absolute atomic E-state index is 0.0128. The molecule has 0 atom stereocenters. The van der Waals surface area contributed by atoms with Crippen LogP contribution >= 0.6 is 0 Å². The van der Waals surface area contributed by atoms with Gasteiger partial charge < -0.3 is 0 Å². The van der Waals surface area contributed by atoms with Crippen molar-refractivity contribution in [1.29, 1.82) is 0 Å². The Bertz CT molecular complexity index is 1340. The van der Waals surface area contributed by atoms with Crippen molar-refractivity contribution in [3.8, 4) is 33.5 Å². The Morgan fingerprint density at radius 2 is 1.32 bits per heavy atom. The van der Waals surface area contributed by atoms with Gasteiger partial charge >= 0.3 is 0 Å². The Morgan fingerprint density at radius 3 is 2.06 bits per heavy atom. The first-order valence-corrected chi connectivity index (χ1v) is 11.1. The molecule has 1 aliphatic rings. The third-order valence-corrected chi connectivity index (χ3v) is 7.04. The number of pyridine rings is 1. The van der Waals surface area contributed by atoms with Gasteiger partial charge in [0.05, 0.1) is 0 Å². The summed E-state index contributed by atoms with van der Waals surface area (Å²) in [5.41, 5.74) is 14.7. The van der Waals surface area contributed by atoms with Gasteiger partial charge in [0, 0.05) is 22.6 Å². The van der Waals surface area contributed by atoms with Crippen LogP contribution in [-0.2, 0) is 12.5 Å². The zero-order valence-corrected chi connectivity index (χ0v) is 19.4. The van der Waals surface area contributed by atoms with Gasteiger partial charge in [0.15, 0.2) is 6.20 Å². The molecule has 0 N–H and O–H groups in total. The molecule has 0 saturated heterocycles. The van der Waals surface area contributed by atoms with Crippen LogP contribution in [0.4, 0.5) is 0 Å². The second-order valence-corrected chi connectivity index (χ2v) is 9.62. The molecule has 31 heavy (non-hydrogen) atoms. The molecular formula is C30H30N+. The van der Waals surface area contributed by atoms with Gasteiger partial charge in [0.1, 0.15) is 7.05 Å². The van der Waals surface area contributed by atoms with E-state index in [0.29, 0.717) is 0 Å². The maximum Gasteiger partial charge on any atom is 0.213 e. The summed E-state index contributed by atoms with van der Waals surface area (Å²) in [6.45, 7) is 11.3. The van der Waals surface area contributed by atoms with E-state index >= 15 is 0 Å². The molecule has 1 aliphatic carbocycles. The van der Waals surface area contributed by atoms with Crippen LogP contribution in [0.25, 0.3) is 33.5 Å². The molecule has 0 fully saturated rings. The lowest BCUT2D eigenvalue weighted by Crippen LogP contribution is -2.31. The maximum absolute atomic E-state index is 2.43. The Balaban J connectivity index is 1.69. The first-order valence-electron chi connectivity index (χ1n) is 11.1. The van der Waals surface area contributed by atoms with Crippen LogP contribution in [-0.4, -0.2) is 0 Å². The van der Waals surface area contributed by atoms with Crippen LogP contribution in [0.2, 0.25) is 0 Å². The van der Waals surface area contributed by atoms with Gasteiger partial charge in [-0.1, -0.05) is 67.9 Å². The van der Waals surface area contributed by atoms with Crippen LogP contribution in [0, 0.1) is 20.8 Å². The van der Waals surface area contributed by atoms with E-state index in [0.717, 1.165) is 0 Å². The number of nitrogens with zero attached hydrogens (tertiary/aromatic N) is 1. The van der Waals surface area contributed by atoms with E-state index in [-0.39, 0.29) is 5.41 Å². The number of fused-ring (bicyclic) bond motifs is 3. The zero-order valence-electron chi connectivity index (χ0n) is 19.4. The molecule has 1 aromatic heterocycles. The molecule has 0 amide bonds. The van der Waals surface area contributed by atoms with Gasteiger partial charge in [-0.05, 0) is 71.8 Å². The van der Waals surface area contributed by atoms with Crippen molar-refractivity contribution in [2.45, 2.75) is 40.0 Å². The molecule has 1 nitrogen and oxygen atoms in total. The Labute approximate surface area is 186 Å². The summed E-state index contributed by atoms with van der Waals surface area (Å²) in [6, 6.07) is 24.9. The summed E-state index contributed by atoms with van der Waals surface area (Å²) in [6.07, 6.45) is 2.26. The van der Waals surface area contributed by atoms with E-state index in [9.17, 15) is 0 Å². The van der Waals surface area contributed by atoms with Crippen molar-refractivity contribution >= 4 is 0 Å². The van der Waals surface area contributed by atoms with Crippen LogP contribution in [0.15, 0.2) is 72.9 Å². The molecule has 0 saturated carbocycles. The third kappa shape index (κ3) is 3.03. The molecule has 0 unspecified atom stereocenters. The van der Waals surface area contributed by atoms with Gasteiger partial charge in [-0.3, -0.25) is 0 Å². The van der Waals surface area contributed by atoms with E-state index in [4.69, 9.17) is 0 Å². The van der Waals surface area contributed by atoms with Gasteiger partial charge in [-0.15, -0.1) is 0 Å². The highest BCUT2D eigenvalue weighted by Gasteiger charge is 2.35. The van der Waals surface area contributed by atoms with Gasteiger partial charge in [-0.25, -0.2) is 4.57 Å². The fraction of sp³-hybridized carbons (Fsp3) is 0.233. The first kappa shape index (κ1) is 19.8. The van der Waals surface area contributed by atoms with E-state index in [1.807, 2.05) is 0 Å². The minimum Gasteiger partial charge on any atom is -0.201 e. The molecule has 4 aromatic rings. The molecule has 0 aliphatic heterocycles. The number of rotatable bonds is 2. The molecule has 154 valence electrons. The van der Waals surface area contributed by atoms with E-state index in [1.165, 1.54) is 61.3 Å². The highest BCUT2D eigenvalue weighted by molar-refractivity contribution is 5.84. The smallest absolute Gasteiger partial charge is 0.201 e. The predicted octanol–water partition coefficient (Wildman–Crippen LogP) is 7.08. The van der Waals surface area contributed by atoms with Crippen LogP contribution in [0.1, 0.15) is 41.7 Å². The predicted molar refractivity (Wildman–Crippen MR) is 130 cm³/mol. The van der Waals surface area contributed by atoms with Crippen molar-refractivity contribution in [1.82, 2.24) is 0 Å². The van der Waals surface area contributed by atoms with Crippen molar-refractivity contribution in [3.63, 3.8) is 0 Å². The van der Waals surface area contributed by atoms with Crippen LogP contribution < -0.4 is 4.57 Å². The number of hydrogen-bond acceptors (Lipinski definition) is 0. The second kappa shape index (κ2) is 6.92. The summed E-state index contributed by atoms with van der Waals surface area (Å²) >= 11 is 0. The summed E-state index contributed by atoms with van der Waals surface area (Å²) in [4.78, 5) is 0. The lowest BCUT2D eigenvalue weighted by Gasteiger charge is -2.22. The van der Waals surface area contributed by atoms with Crippen molar-refractivity contribution in [3.05, 3.63) is 101 Å². The standard InChI is InChI=1S/C30H30N/c1-19-11-13-24-25-14-12-22(16-28(25)30(4,5)27(24)15-19)26-17-29(31(6)18-21(26)3)23-10-8-7-9-20(23)2/h7-18H,1-6H3/q+1. The summed E-state index contributed by atoms with van der Waals surface area (Å²) in [5.74, 6) is 0. The fourth-order valence-electron chi connectivity index (χ4n) is 5.24. The van der Waals surface area contributed by atoms with Crippen molar-refractivity contribution in [2.24, 2.45) is 7.05 Å². The number of hydrogen-bond donors (Lipinski definition) is 0. The number of aryl methyl sites for hydroxylation is 4. The SMILES string of the molecule is Cc1ccc2c(c1)C(C)(C)c1cc(-c3cc(-c4ccccc4C)[n+](C)cc3C)ccc1-2. The average molecular weight is 405 g/mol. The molecular weight excluding hydrogens is 374 g/mol. The quantitative estimate of drug-likeness (QED) is 0.314. The Morgan fingerprint density at radius 1 is 0.645 bits per heavy atom. The third-order valence-electron chi connectivity index (χ3n) is 7.04. The maximum atomic E-state index is 2.43. The summed E-state index contributed by atoms with van der Waals surface area (Å²) < 4.78 is 2.25. The monoisotopic (exact) mass is 404 g/mol. The lowest BCUT2D eigenvalue weighted by atomic mass is 9.81. The van der Waals surface area contributed by atoms with E-state index in [2.05, 4.69) is 119 Å². The van der Waals surface area contributed by atoms with Crippen LogP contribution in [0.5, 0.6) is 0 Å².